The topological polar surface area (TPSA) is 47.2 Å². The second-order valence-electron chi connectivity index (χ2n) is 4.73. The monoisotopic (exact) mass is 268 g/mol. The summed E-state index contributed by atoms with van der Waals surface area (Å²) in [5, 5.41) is 4.09. The number of carbonyl (C=O) groups excluding carboxylic acids is 1. The van der Waals surface area contributed by atoms with Gasteiger partial charge in [-0.05, 0) is 36.6 Å². The van der Waals surface area contributed by atoms with Crippen LogP contribution >= 0.6 is 0 Å². The predicted octanol–water partition coefficient (Wildman–Crippen LogP) is 2.97. The number of furan rings is 1. The van der Waals surface area contributed by atoms with Gasteiger partial charge in [-0.3, -0.25) is 4.79 Å². The summed E-state index contributed by atoms with van der Waals surface area (Å²) in [7, 11) is 0. The zero-order valence-corrected chi connectivity index (χ0v) is 11.3. The molecule has 0 aliphatic rings. The van der Waals surface area contributed by atoms with E-state index in [0.29, 0.717) is 12.3 Å². The highest BCUT2D eigenvalue weighted by Gasteiger charge is 2.08. The highest BCUT2D eigenvalue weighted by molar-refractivity contribution is 5.91. The highest BCUT2D eigenvalue weighted by atomic mass is 16.3. The van der Waals surface area contributed by atoms with E-state index in [4.69, 9.17) is 4.42 Å². The van der Waals surface area contributed by atoms with Crippen molar-refractivity contribution in [2.24, 2.45) is 0 Å². The number of hydrogen-bond acceptors (Lipinski definition) is 2. The Hall–Kier alpha value is -2.49. The molecular formula is C16H16N2O2. The summed E-state index contributed by atoms with van der Waals surface area (Å²) in [5.74, 6) is 0.170. The van der Waals surface area contributed by atoms with E-state index in [1.54, 1.807) is 12.1 Å². The molecule has 0 spiro atoms. The molecule has 2 heterocycles. The van der Waals surface area contributed by atoms with Crippen molar-refractivity contribution in [3.05, 3.63) is 60.2 Å². The minimum Gasteiger partial charge on any atom is -0.459 e. The maximum Gasteiger partial charge on any atom is 0.287 e. The van der Waals surface area contributed by atoms with Crippen LogP contribution in [0.25, 0.3) is 10.9 Å². The lowest BCUT2D eigenvalue weighted by atomic mass is 10.2. The number of nitrogens with one attached hydrogen (secondary N) is 1. The minimum absolute atomic E-state index is 0.177. The van der Waals surface area contributed by atoms with Gasteiger partial charge in [-0.15, -0.1) is 0 Å². The molecule has 0 bridgehead atoms. The minimum atomic E-state index is -0.177. The molecule has 0 aliphatic heterocycles. The third-order valence-corrected chi connectivity index (χ3v) is 3.38. The molecule has 1 N–H and O–H groups in total. The lowest BCUT2D eigenvalue weighted by Gasteiger charge is -2.09. The molecule has 0 saturated carbocycles. The van der Waals surface area contributed by atoms with Crippen LogP contribution in [0, 0.1) is 6.92 Å². The summed E-state index contributed by atoms with van der Waals surface area (Å²) in [6.07, 6.45) is 1.50. The molecule has 0 saturated heterocycles. The van der Waals surface area contributed by atoms with E-state index in [1.807, 2.05) is 12.1 Å². The van der Waals surface area contributed by atoms with Crippen LogP contribution in [0.3, 0.4) is 0 Å². The fourth-order valence-corrected chi connectivity index (χ4v) is 2.42. The Kier molecular flexibility index (Phi) is 3.29. The Bertz CT molecular complexity index is 726. The third-order valence-electron chi connectivity index (χ3n) is 3.38. The molecule has 0 atom stereocenters. The van der Waals surface area contributed by atoms with Gasteiger partial charge < -0.3 is 14.3 Å². The van der Waals surface area contributed by atoms with Crippen LogP contribution in [0.2, 0.25) is 0 Å². The van der Waals surface area contributed by atoms with Crippen molar-refractivity contribution in [1.29, 1.82) is 0 Å². The van der Waals surface area contributed by atoms with E-state index >= 15 is 0 Å². The van der Waals surface area contributed by atoms with Gasteiger partial charge in [0.1, 0.15) is 0 Å². The number of fused-ring (bicyclic) bond motifs is 1. The van der Waals surface area contributed by atoms with Crippen LogP contribution in [0.5, 0.6) is 0 Å². The Morgan fingerprint density at radius 1 is 1.25 bits per heavy atom. The third kappa shape index (κ3) is 2.32. The quantitative estimate of drug-likeness (QED) is 0.790. The van der Waals surface area contributed by atoms with E-state index in [9.17, 15) is 4.79 Å². The number of nitrogens with zero attached hydrogens (tertiary/aromatic N) is 1. The lowest BCUT2D eigenvalue weighted by molar-refractivity contribution is 0.0924. The molecule has 3 rings (SSSR count). The van der Waals surface area contributed by atoms with Gasteiger partial charge in [-0.1, -0.05) is 18.2 Å². The second-order valence-corrected chi connectivity index (χ2v) is 4.73. The van der Waals surface area contributed by atoms with Gasteiger partial charge in [0.05, 0.1) is 6.26 Å². The second kappa shape index (κ2) is 5.25. The van der Waals surface area contributed by atoms with Gasteiger partial charge in [-0.2, -0.15) is 0 Å². The van der Waals surface area contributed by atoms with E-state index < -0.39 is 0 Å². The first-order chi connectivity index (χ1) is 9.75. The van der Waals surface area contributed by atoms with Crippen molar-refractivity contribution < 1.29 is 9.21 Å². The van der Waals surface area contributed by atoms with Gasteiger partial charge >= 0.3 is 0 Å². The number of aromatic nitrogens is 1. The van der Waals surface area contributed by atoms with E-state index in [0.717, 1.165) is 6.54 Å². The average Bonchev–Trinajstić information content (AvgIpc) is 3.07. The fraction of sp³-hybridized carbons (Fsp3) is 0.188. The Morgan fingerprint density at radius 3 is 2.90 bits per heavy atom. The summed E-state index contributed by atoms with van der Waals surface area (Å²) in [6, 6.07) is 13.8. The number of amides is 1. The molecule has 0 aliphatic carbocycles. The maximum atomic E-state index is 11.8. The van der Waals surface area contributed by atoms with Crippen LogP contribution in [-0.4, -0.2) is 17.0 Å². The van der Waals surface area contributed by atoms with E-state index in [1.165, 1.54) is 22.9 Å². The van der Waals surface area contributed by atoms with E-state index in [-0.39, 0.29) is 5.91 Å². The Labute approximate surface area is 117 Å². The number of rotatable bonds is 4. The molecule has 20 heavy (non-hydrogen) atoms. The maximum absolute atomic E-state index is 11.8. The summed E-state index contributed by atoms with van der Waals surface area (Å²) >= 11 is 0. The van der Waals surface area contributed by atoms with Crippen molar-refractivity contribution in [1.82, 2.24) is 9.88 Å². The van der Waals surface area contributed by atoms with E-state index in [2.05, 4.69) is 35.0 Å². The van der Waals surface area contributed by atoms with Gasteiger partial charge in [0.2, 0.25) is 0 Å². The van der Waals surface area contributed by atoms with Crippen LogP contribution in [-0.2, 0) is 6.54 Å². The summed E-state index contributed by atoms with van der Waals surface area (Å²) in [6.45, 7) is 3.39. The van der Waals surface area contributed by atoms with Crippen LogP contribution in [0.15, 0.2) is 53.1 Å². The standard InChI is InChI=1S/C16H16N2O2/c1-12-11-13-5-2-3-6-14(13)18(12)9-8-17-16(19)15-7-4-10-20-15/h2-7,10-11H,8-9H2,1H3,(H,17,19). The van der Waals surface area contributed by atoms with Crippen molar-refractivity contribution >= 4 is 16.8 Å². The number of para-hydroxylation sites is 1. The average molecular weight is 268 g/mol. The summed E-state index contributed by atoms with van der Waals surface area (Å²) in [4.78, 5) is 11.8. The van der Waals surface area contributed by atoms with Crippen molar-refractivity contribution in [3.63, 3.8) is 0 Å². The molecule has 0 fully saturated rings. The number of carbonyl (C=O) groups is 1. The first-order valence-electron chi connectivity index (χ1n) is 6.62. The zero-order valence-electron chi connectivity index (χ0n) is 11.3. The molecule has 4 heteroatoms. The normalized spacial score (nSPS) is 10.8. The summed E-state index contributed by atoms with van der Waals surface area (Å²) < 4.78 is 7.26. The number of aryl methyl sites for hydroxylation is 1. The van der Waals surface area contributed by atoms with Gasteiger partial charge in [0.25, 0.3) is 5.91 Å². The fourth-order valence-electron chi connectivity index (χ4n) is 2.42. The number of hydrogen-bond donors (Lipinski definition) is 1. The lowest BCUT2D eigenvalue weighted by Crippen LogP contribution is -2.27. The van der Waals surface area contributed by atoms with Crippen molar-refractivity contribution in [2.75, 3.05) is 6.54 Å². The first-order valence-corrected chi connectivity index (χ1v) is 6.62. The molecule has 4 nitrogen and oxygen atoms in total. The smallest absolute Gasteiger partial charge is 0.287 e. The SMILES string of the molecule is Cc1cc2ccccc2n1CCNC(=O)c1ccco1. The molecular weight excluding hydrogens is 252 g/mol. The van der Waals surface area contributed by atoms with Gasteiger partial charge in [-0.25, -0.2) is 0 Å². The predicted molar refractivity (Wildman–Crippen MR) is 77.7 cm³/mol. The zero-order chi connectivity index (χ0) is 13.9. The first kappa shape index (κ1) is 12.5. The van der Waals surface area contributed by atoms with Crippen LogP contribution in [0.1, 0.15) is 16.2 Å². The summed E-state index contributed by atoms with van der Waals surface area (Å²) in [5.41, 5.74) is 2.38. The van der Waals surface area contributed by atoms with Crippen molar-refractivity contribution in [3.8, 4) is 0 Å². The number of benzene rings is 1. The largest absolute Gasteiger partial charge is 0.459 e. The molecule has 2 aromatic heterocycles. The van der Waals surface area contributed by atoms with Crippen LogP contribution < -0.4 is 5.32 Å². The molecule has 102 valence electrons. The highest BCUT2D eigenvalue weighted by Crippen LogP contribution is 2.18. The van der Waals surface area contributed by atoms with Gasteiger partial charge in [0, 0.05) is 24.3 Å². The van der Waals surface area contributed by atoms with Gasteiger partial charge in [0.15, 0.2) is 5.76 Å². The molecule has 3 aromatic rings. The Morgan fingerprint density at radius 2 is 2.10 bits per heavy atom. The molecule has 1 amide bonds. The molecule has 0 radical (unpaired) electrons. The molecule has 1 aromatic carbocycles. The molecule has 0 unspecified atom stereocenters. The van der Waals surface area contributed by atoms with Crippen molar-refractivity contribution in [2.45, 2.75) is 13.5 Å². The van der Waals surface area contributed by atoms with Crippen LogP contribution in [0.4, 0.5) is 0 Å². The Balaban J connectivity index is 1.68.